The molecule has 1 aliphatic heterocycles. The van der Waals surface area contributed by atoms with Crippen LogP contribution in [-0.2, 0) is 11.3 Å². The van der Waals surface area contributed by atoms with Crippen molar-refractivity contribution in [2.75, 3.05) is 22.7 Å². The summed E-state index contributed by atoms with van der Waals surface area (Å²) in [4.78, 5) is 47.2. The Bertz CT molecular complexity index is 1450. The van der Waals surface area contributed by atoms with Gasteiger partial charge in [-0.3, -0.25) is 24.0 Å². The fraction of sp³-hybridized carbons (Fsp3) is 0.0800. The Morgan fingerprint density at radius 3 is 2.53 bits per heavy atom. The molecule has 3 aromatic heterocycles. The van der Waals surface area contributed by atoms with Crippen LogP contribution in [0.2, 0.25) is 0 Å². The Morgan fingerprint density at radius 2 is 1.81 bits per heavy atom. The summed E-state index contributed by atoms with van der Waals surface area (Å²) >= 11 is 0. The Kier molecular flexibility index (Phi) is 5.88. The average Bonchev–Trinajstić information content (AvgIpc) is 3.20. The van der Waals surface area contributed by atoms with Crippen LogP contribution in [0, 0.1) is 0 Å². The van der Waals surface area contributed by atoms with Gasteiger partial charge in [0.05, 0.1) is 35.7 Å². The number of benzene rings is 1. The number of pyridine rings is 2. The minimum atomic E-state index is -0.298. The molecule has 36 heavy (non-hydrogen) atoms. The first-order valence-corrected chi connectivity index (χ1v) is 11.0. The normalized spacial score (nSPS) is 12.7. The Balaban J connectivity index is 1.64. The van der Waals surface area contributed by atoms with Gasteiger partial charge in [-0.15, -0.1) is 0 Å². The number of hydrogen-bond donors (Lipinski definition) is 3. The van der Waals surface area contributed by atoms with Gasteiger partial charge in [-0.25, -0.2) is 15.8 Å². The number of ketones is 1. The third kappa shape index (κ3) is 4.03. The predicted molar refractivity (Wildman–Crippen MR) is 134 cm³/mol. The summed E-state index contributed by atoms with van der Waals surface area (Å²) in [5.41, 5.74) is 3.60. The largest absolute Gasteiger partial charge is 0.353 e. The summed E-state index contributed by atoms with van der Waals surface area (Å²) in [6.07, 6.45) is 4.98. The van der Waals surface area contributed by atoms with Gasteiger partial charge in [0, 0.05) is 35.4 Å². The molecule has 1 aliphatic rings. The van der Waals surface area contributed by atoms with E-state index >= 15 is 0 Å². The van der Waals surface area contributed by atoms with Crippen LogP contribution in [0.25, 0.3) is 11.3 Å². The van der Waals surface area contributed by atoms with E-state index in [4.69, 9.17) is 11.7 Å². The number of aromatic nitrogens is 3. The molecule has 4 heterocycles. The van der Waals surface area contributed by atoms with Gasteiger partial charge in [0.2, 0.25) is 6.41 Å². The molecule has 0 unspecified atom stereocenters. The monoisotopic (exact) mass is 482 g/mol. The maximum atomic E-state index is 13.5. The first-order valence-electron chi connectivity index (χ1n) is 11.0. The molecule has 4 aromatic rings. The van der Waals surface area contributed by atoms with E-state index in [0.29, 0.717) is 40.2 Å². The number of nitrogens with zero attached hydrogens (tertiary/aromatic N) is 5. The second kappa shape index (κ2) is 9.31. The summed E-state index contributed by atoms with van der Waals surface area (Å²) in [5.74, 6) is 11.9. The van der Waals surface area contributed by atoms with Crippen LogP contribution < -0.4 is 22.0 Å². The van der Waals surface area contributed by atoms with Crippen molar-refractivity contribution in [3.63, 3.8) is 0 Å². The number of carbonyl (C=O) groups excluding carboxylic acids is 3. The Hall–Kier alpha value is -5.03. The molecular weight excluding hydrogens is 460 g/mol. The van der Waals surface area contributed by atoms with E-state index in [2.05, 4.69) is 15.3 Å². The zero-order valence-corrected chi connectivity index (χ0v) is 19.0. The summed E-state index contributed by atoms with van der Waals surface area (Å²) < 4.78 is 1.39. The molecule has 0 saturated heterocycles. The van der Waals surface area contributed by atoms with E-state index in [1.54, 1.807) is 24.3 Å². The van der Waals surface area contributed by atoms with Crippen molar-refractivity contribution in [3.8, 4) is 11.3 Å². The van der Waals surface area contributed by atoms with Crippen molar-refractivity contribution in [2.45, 2.75) is 6.54 Å². The lowest BCUT2D eigenvalue weighted by molar-refractivity contribution is -0.107. The number of nitrogens with two attached hydrogens (primary N) is 2. The van der Waals surface area contributed by atoms with E-state index in [1.165, 1.54) is 28.2 Å². The van der Waals surface area contributed by atoms with Gasteiger partial charge in [-0.1, -0.05) is 18.2 Å². The molecule has 0 fully saturated rings. The first kappa shape index (κ1) is 22.7. The third-order valence-corrected chi connectivity index (χ3v) is 5.92. The summed E-state index contributed by atoms with van der Waals surface area (Å²) in [5, 5.41) is 4.17. The standard InChI is InChI=1S/C25H22N8O3/c26-32(15-34)21-12-17(8-11-29-21)24-23(30-18-4-2-1-3-5-18)22-19(33(24)27)13-31(14-20(22)35)25(36)16-6-9-28-10-7-16/h1-12,15,30H,13-14,26-27H2. The molecule has 11 nitrogen and oxygen atoms in total. The number of para-hydroxylation sites is 1. The quantitative estimate of drug-likeness (QED) is 0.163. The molecule has 0 spiro atoms. The van der Waals surface area contributed by atoms with Crippen molar-refractivity contribution in [3.05, 3.63) is 90.0 Å². The predicted octanol–water partition coefficient (Wildman–Crippen LogP) is 2.08. The minimum absolute atomic E-state index is 0.107. The van der Waals surface area contributed by atoms with E-state index in [0.717, 1.165) is 10.7 Å². The lowest BCUT2D eigenvalue weighted by Crippen LogP contribution is -2.40. The highest BCUT2D eigenvalue weighted by molar-refractivity contribution is 6.10. The molecule has 0 saturated carbocycles. The number of hydrogen-bond acceptors (Lipinski definition) is 8. The van der Waals surface area contributed by atoms with Gasteiger partial charge >= 0.3 is 0 Å². The van der Waals surface area contributed by atoms with E-state index in [-0.39, 0.29) is 30.6 Å². The van der Waals surface area contributed by atoms with Crippen molar-refractivity contribution >= 4 is 35.3 Å². The maximum absolute atomic E-state index is 13.5. The molecule has 0 aliphatic carbocycles. The number of Topliss-reactive ketones (excluding diaryl/α,β-unsaturated/α-hetero) is 1. The summed E-state index contributed by atoms with van der Waals surface area (Å²) in [6, 6.07) is 15.8. The molecule has 1 aromatic carbocycles. The molecule has 0 bridgehead atoms. The number of rotatable bonds is 6. The third-order valence-electron chi connectivity index (χ3n) is 5.92. The maximum Gasteiger partial charge on any atom is 0.254 e. The van der Waals surface area contributed by atoms with E-state index in [9.17, 15) is 14.4 Å². The van der Waals surface area contributed by atoms with Gasteiger partial charge in [0.25, 0.3) is 5.91 Å². The highest BCUT2D eigenvalue weighted by Crippen LogP contribution is 2.40. The van der Waals surface area contributed by atoms with Gasteiger partial charge in [0.1, 0.15) is 5.82 Å². The van der Waals surface area contributed by atoms with Crippen LogP contribution in [0.4, 0.5) is 17.2 Å². The highest BCUT2D eigenvalue weighted by Gasteiger charge is 2.35. The van der Waals surface area contributed by atoms with Gasteiger partial charge < -0.3 is 16.1 Å². The number of nitrogen functional groups attached to an aromatic ring is 1. The first-order chi connectivity index (χ1) is 17.5. The van der Waals surface area contributed by atoms with Crippen LogP contribution >= 0.6 is 0 Å². The number of carbonyl (C=O) groups is 3. The number of fused-ring (bicyclic) bond motifs is 1. The molecule has 5 N–H and O–H groups in total. The smallest absolute Gasteiger partial charge is 0.254 e. The van der Waals surface area contributed by atoms with Gasteiger partial charge in [-0.05, 0) is 36.4 Å². The highest BCUT2D eigenvalue weighted by atomic mass is 16.2. The number of nitrogens with one attached hydrogen (secondary N) is 1. The fourth-order valence-electron chi connectivity index (χ4n) is 4.24. The second-order valence-electron chi connectivity index (χ2n) is 8.14. The van der Waals surface area contributed by atoms with Crippen molar-refractivity contribution < 1.29 is 14.4 Å². The van der Waals surface area contributed by atoms with Crippen LogP contribution in [0.5, 0.6) is 0 Å². The van der Waals surface area contributed by atoms with Crippen molar-refractivity contribution in [1.29, 1.82) is 0 Å². The molecule has 5 rings (SSSR count). The topological polar surface area (TPSA) is 152 Å². The van der Waals surface area contributed by atoms with Crippen LogP contribution in [-0.4, -0.2) is 44.2 Å². The Morgan fingerprint density at radius 1 is 1.06 bits per heavy atom. The number of hydrazine groups is 1. The van der Waals surface area contributed by atoms with Crippen LogP contribution in [0.1, 0.15) is 26.4 Å². The molecule has 180 valence electrons. The minimum Gasteiger partial charge on any atom is -0.353 e. The molecule has 11 heteroatoms. The zero-order chi connectivity index (χ0) is 25.2. The molecule has 0 radical (unpaired) electrons. The lowest BCUT2D eigenvalue weighted by Gasteiger charge is -2.27. The van der Waals surface area contributed by atoms with E-state index < -0.39 is 0 Å². The van der Waals surface area contributed by atoms with E-state index in [1.807, 2.05) is 30.3 Å². The van der Waals surface area contributed by atoms with Crippen LogP contribution in [0.15, 0.2) is 73.2 Å². The fourth-order valence-corrected chi connectivity index (χ4v) is 4.24. The number of amides is 2. The molecular formula is C25H22N8O3. The van der Waals surface area contributed by atoms with Crippen molar-refractivity contribution in [1.82, 2.24) is 19.5 Å². The molecule has 0 atom stereocenters. The van der Waals surface area contributed by atoms with Crippen LogP contribution in [0.3, 0.4) is 0 Å². The van der Waals surface area contributed by atoms with Gasteiger partial charge in [0.15, 0.2) is 5.78 Å². The summed E-state index contributed by atoms with van der Waals surface area (Å²) in [7, 11) is 0. The van der Waals surface area contributed by atoms with Crippen molar-refractivity contribution in [2.24, 2.45) is 5.84 Å². The summed E-state index contributed by atoms with van der Waals surface area (Å²) in [6.45, 7) is 0.0158. The second-order valence-corrected chi connectivity index (χ2v) is 8.14. The lowest BCUT2D eigenvalue weighted by atomic mass is 10.0. The SMILES string of the molecule is NN(C=O)c1cc(-c2c(Nc3ccccc3)c3c(n2N)CN(C(=O)c2ccncc2)CC3=O)ccn1. The zero-order valence-electron chi connectivity index (χ0n) is 19.0. The Labute approximate surface area is 205 Å². The number of anilines is 3. The molecule has 2 amide bonds. The average molecular weight is 483 g/mol. The van der Waals surface area contributed by atoms with Gasteiger partial charge in [-0.2, -0.15) is 0 Å².